The summed E-state index contributed by atoms with van der Waals surface area (Å²) in [5.74, 6) is 1.03. The van der Waals surface area contributed by atoms with Gasteiger partial charge >= 0.3 is 0 Å². The number of carbonyl (C=O) groups is 1. The van der Waals surface area contributed by atoms with E-state index in [2.05, 4.69) is 15.2 Å². The summed E-state index contributed by atoms with van der Waals surface area (Å²) < 4.78 is 5.95. The number of piperidine rings is 1. The number of hydrogen-bond acceptors (Lipinski definition) is 4. The van der Waals surface area contributed by atoms with Gasteiger partial charge in [-0.2, -0.15) is 0 Å². The van der Waals surface area contributed by atoms with Crippen molar-refractivity contribution in [1.82, 2.24) is 9.88 Å². The van der Waals surface area contributed by atoms with Crippen molar-refractivity contribution in [3.05, 3.63) is 60.5 Å². The minimum absolute atomic E-state index is 0.0226. The topological polar surface area (TPSA) is 58.4 Å². The van der Waals surface area contributed by atoms with Gasteiger partial charge in [-0.1, -0.05) is 30.3 Å². The lowest BCUT2D eigenvalue weighted by Crippen LogP contribution is -2.46. The molecule has 5 nitrogen and oxygen atoms in total. The van der Waals surface area contributed by atoms with Crippen LogP contribution in [0.5, 0.6) is 0 Å². The van der Waals surface area contributed by atoms with E-state index in [1.54, 1.807) is 0 Å². The van der Waals surface area contributed by atoms with E-state index in [1.807, 2.05) is 61.5 Å². The number of benzene rings is 2. The van der Waals surface area contributed by atoms with Crippen molar-refractivity contribution in [3.8, 4) is 0 Å². The number of para-hydroxylation sites is 3. The van der Waals surface area contributed by atoms with Crippen LogP contribution in [0.25, 0.3) is 11.1 Å². The molecule has 0 radical (unpaired) electrons. The van der Waals surface area contributed by atoms with Gasteiger partial charge in [0, 0.05) is 18.2 Å². The van der Waals surface area contributed by atoms with Crippen LogP contribution < -0.4 is 5.32 Å². The first-order valence-corrected chi connectivity index (χ1v) is 9.16. The van der Waals surface area contributed by atoms with Crippen LogP contribution in [0, 0.1) is 0 Å². The Balaban J connectivity index is 1.44. The van der Waals surface area contributed by atoms with Gasteiger partial charge in [-0.05, 0) is 50.6 Å². The van der Waals surface area contributed by atoms with Crippen molar-refractivity contribution >= 4 is 22.7 Å². The van der Waals surface area contributed by atoms with Crippen molar-refractivity contribution in [2.24, 2.45) is 0 Å². The van der Waals surface area contributed by atoms with Crippen molar-refractivity contribution < 1.29 is 9.21 Å². The molecule has 26 heavy (non-hydrogen) atoms. The van der Waals surface area contributed by atoms with E-state index < -0.39 is 0 Å². The average molecular weight is 349 g/mol. The number of oxazole rings is 1. The Bertz CT molecular complexity index is 857. The quantitative estimate of drug-likeness (QED) is 0.772. The minimum atomic E-state index is -0.192. The zero-order valence-electron chi connectivity index (χ0n) is 14.9. The van der Waals surface area contributed by atoms with Gasteiger partial charge in [0.25, 0.3) is 0 Å². The summed E-state index contributed by atoms with van der Waals surface area (Å²) in [7, 11) is 0. The van der Waals surface area contributed by atoms with E-state index in [0.717, 1.165) is 48.6 Å². The second-order valence-electron chi connectivity index (χ2n) is 6.89. The summed E-state index contributed by atoms with van der Waals surface area (Å²) in [5, 5.41) is 3.00. The smallest absolute Gasteiger partial charge is 0.241 e. The van der Waals surface area contributed by atoms with E-state index in [4.69, 9.17) is 4.42 Å². The predicted octanol–water partition coefficient (Wildman–Crippen LogP) is 4.03. The maximum atomic E-state index is 12.6. The highest BCUT2D eigenvalue weighted by Crippen LogP contribution is 2.29. The molecule has 1 aromatic heterocycles. The molecular formula is C21H23N3O2. The third-order valence-electron chi connectivity index (χ3n) is 5.08. The molecule has 0 aliphatic carbocycles. The normalized spacial score (nSPS) is 19.3. The highest BCUT2D eigenvalue weighted by atomic mass is 16.3. The molecule has 2 atom stereocenters. The van der Waals surface area contributed by atoms with E-state index in [-0.39, 0.29) is 17.9 Å². The third-order valence-corrected chi connectivity index (χ3v) is 5.08. The van der Waals surface area contributed by atoms with E-state index in [1.165, 1.54) is 0 Å². The lowest BCUT2D eigenvalue weighted by Gasteiger charge is -2.34. The molecule has 1 N–H and O–H groups in total. The van der Waals surface area contributed by atoms with Crippen LogP contribution in [0.15, 0.2) is 59.0 Å². The highest BCUT2D eigenvalue weighted by Gasteiger charge is 2.30. The van der Waals surface area contributed by atoms with Crippen LogP contribution in [0.1, 0.15) is 31.6 Å². The van der Waals surface area contributed by atoms with Gasteiger partial charge in [0.15, 0.2) is 11.5 Å². The van der Waals surface area contributed by atoms with E-state index in [0.29, 0.717) is 0 Å². The minimum Gasteiger partial charge on any atom is -0.440 e. The molecular weight excluding hydrogens is 326 g/mol. The van der Waals surface area contributed by atoms with Crippen LogP contribution in [0.4, 0.5) is 5.69 Å². The Kier molecular flexibility index (Phi) is 4.71. The fourth-order valence-corrected chi connectivity index (χ4v) is 3.56. The van der Waals surface area contributed by atoms with Crippen molar-refractivity contribution in [2.75, 3.05) is 18.4 Å². The Morgan fingerprint density at radius 1 is 1.19 bits per heavy atom. The van der Waals surface area contributed by atoms with E-state index in [9.17, 15) is 4.79 Å². The van der Waals surface area contributed by atoms with Crippen LogP contribution in [0.3, 0.4) is 0 Å². The van der Waals surface area contributed by atoms with Crippen LogP contribution in [-0.2, 0) is 4.79 Å². The van der Waals surface area contributed by atoms with Crippen molar-refractivity contribution in [1.29, 1.82) is 0 Å². The zero-order chi connectivity index (χ0) is 17.9. The van der Waals surface area contributed by atoms with Crippen LogP contribution >= 0.6 is 0 Å². The first-order chi connectivity index (χ1) is 12.7. The molecule has 1 amide bonds. The van der Waals surface area contributed by atoms with Crippen molar-refractivity contribution in [2.45, 2.75) is 31.7 Å². The summed E-state index contributed by atoms with van der Waals surface area (Å²) in [6.07, 6.45) is 2.07. The summed E-state index contributed by atoms with van der Waals surface area (Å²) >= 11 is 0. The number of carbonyl (C=O) groups excluding carboxylic acids is 1. The van der Waals surface area contributed by atoms with Gasteiger partial charge < -0.3 is 9.73 Å². The maximum Gasteiger partial charge on any atom is 0.241 e. The van der Waals surface area contributed by atoms with Crippen molar-refractivity contribution in [3.63, 3.8) is 0 Å². The molecule has 134 valence electrons. The van der Waals surface area contributed by atoms with Gasteiger partial charge in [-0.15, -0.1) is 0 Å². The monoisotopic (exact) mass is 349 g/mol. The lowest BCUT2D eigenvalue weighted by molar-refractivity contribution is -0.121. The van der Waals surface area contributed by atoms with E-state index >= 15 is 0 Å². The number of hydrogen-bond donors (Lipinski definition) is 1. The molecule has 0 bridgehead atoms. The number of anilines is 1. The molecule has 3 aromatic rings. The first kappa shape index (κ1) is 16.8. The molecule has 2 heterocycles. The average Bonchev–Trinajstić information content (AvgIpc) is 3.12. The molecule has 0 spiro atoms. The maximum absolute atomic E-state index is 12.6. The Morgan fingerprint density at radius 3 is 2.77 bits per heavy atom. The standard InChI is InChI=1S/C21H23N3O2/c1-15(20(25)22-17-9-3-2-4-10-17)24-13-7-8-16(14-24)21-23-18-11-5-6-12-19(18)26-21/h2-6,9-12,15-16H,7-8,13-14H2,1H3,(H,22,25). The molecule has 1 fully saturated rings. The van der Waals surface area contributed by atoms with Gasteiger partial charge in [0.2, 0.25) is 5.91 Å². The zero-order valence-corrected chi connectivity index (χ0v) is 14.9. The van der Waals surface area contributed by atoms with Gasteiger partial charge in [0.05, 0.1) is 6.04 Å². The summed E-state index contributed by atoms with van der Waals surface area (Å²) in [6.45, 7) is 3.67. The Labute approximate surface area is 153 Å². The number of likely N-dealkylation sites (tertiary alicyclic amines) is 1. The molecule has 2 aromatic carbocycles. The Hall–Kier alpha value is -2.66. The summed E-state index contributed by atoms with van der Waals surface area (Å²) in [5.41, 5.74) is 2.56. The lowest BCUT2D eigenvalue weighted by atomic mass is 9.96. The molecule has 5 heteroatoms. The highest BCUT2D eigenvalue weighted by molar-refractivity contribution is 5.94. The third kappa shape index (κ3) is 3.48. The summed E-state index contributed by atoms with van der Waals surface area (Å²) in [4.78, 5) is 19.5. The Morgan fingerprint density at radius 2 is 1.96 bits per heavy atom. The fourth-order valence-electron chi connectivity index (χ4n) is 3.56. The molecule has 1 saturated heterocycles. The predicted molar refractivity (Wildman–Crippen MR) is 102 cm³/mol. The number of rotatable bonds is 4. The number of aromatic nitrogens is 1. The SMILES string of the molecule is CC(C(=O)Nc1ccccc1)N1CCCC(c2nc3ccccc3o2)C1. The number of amides is 1. The molecule has 0 saturated carbocycles. The second kappa shape index (κ2) is 7.30. The second-order valence-corrected chi connectivity index (χ2v) is 6.89. The molecule has 1 aliphatic rings. The largest absolute Gasteiger partial charge is 0.440 e. The van der Waals surface area contributed by atoms with Gasteiger partial charge in [0.1, 0.15) is 5.52 Å². The van der Waals surface area contributed by atoms with Gasteiger partial charge in [-0.25, -0.2) is 4.98 Å². The number of fused-ring (bicyclic) bond motifs is 1. The first-order valence-electron chi connectivity index (χ1n) is 9.16. The molecule has 2 unspecified atom stereocenters. The van der Waals surface area contributed by atoms with Crippen LogP contribution in [-0.4, -0.2) is 34.9 Å². The molecule has 1 aliphatic heterocycles. The van der Waals surface area contributed by atoms with Gasteiger partial charge in [-0.3, -0.25) is 9.69 Å². The number of nitrogens with zero attached hydrogens (tertiary/aromatic N) is 2. The summed E-state index contributed by atoms with van der Waals surface area (Å²) in [6, 6.07) is 17.2. The molecule has 4 rings (SSSR count). The number of nitrogens with one attached hydrogen (secondary N) is 1. The fraction of sp³-hybridized carbons (Fsp3) is 0.333. The van der Waals surface area contributed by atoms with Crippen LogP contribution in [0.2, 0.25) is 0 Å².